The van der Waals surface area contributed by atoms with Crippen molar-refractivity contribution in [3.05, 3.63) is 42.5 Å². The second-order valence-corrected chi connectivity index (χ2v) is 3.39. The van der Waals surface area contributed by atoms with Crippen molar-refractivity contribution in [2.45, 2.75) is 10.4 Å². The summed E-state index contributed by atoms with van der Waals surface area (Å²) in [4.78, 5) is 0.173. The summed E-state index contributed by atoms with van der Waals surface area (Å²) in [5.41, 5.74) is -3.54. The van der Waals surface area contributed by atoms with Crippen molar-refractivity contribution in [1.82, 2.24) is 0 Å². The molecule has 0 fully saturated rings. The summed E-state index contributed by atoms with van der Waals surface area (Å²) in [6.45, 7) is 3.38. The van der Waals surface area contributed by atoms with E-state index in [1.54, 1.807) is 12.1 Å². The Morgan fingerprint density at radius 1 is 1.15 bits per heavy atom. The minimum Gasteiger partial charge on any atom is -0.160 e. The van der Waals surface area contributed by atoms with E-state index in [9.17, 15) is 13.2 Å². The molecule has 0 heterocycles. The summed E-state index contributed by atoms with van der Waals surface area (Å²) in [6.07, 6.45) is 2.58. The number of alkyl halides is 3. The Hall–Kier alpha value is -0.900. The zero-order valence-corrected chi connectivity index (χ0v) is 7.38. The molecule has 0 N–H and O–H groups in total. The Kier molecular flexibility index (Phi) is 3.03. The van der Waals surface area contributed by atoms with Crippen molar-refractivity contribution in [2.24, 2.45) is 0 Å². The number of hydrogen-bond acceptors (Lipinski definition) is 1. The van der Waals surface area contributed by atoms with Crippen LogP contribution in [0.3, 0.4) is 0 Å². The number of halogens is 3. The smallest absolute Gasteiger partial charge is 0.160 e. The summed E-state index contributed by atoms with van der Waals surface area (Å²) in [6, 6.07) is 5.87. The Morgan fingerprint density at radius 2 is 1.69 bits per heavy atom. The Morgan fingerprint density at radius 3 is 2.08 bits per heavy atom. The molecule has 1 aromatic rings. The van der Waals surface area contributed by atoms with E-state index in [0.29, 0.717) is 5.56 Å². The lowest BCUT2D eigenvalue weighted by molar-refractivity contribution is -0.0328. The summed E-state index contributed by atoms with van der Waals surface area (Å²) in [5.74, 6) is 0. The molecule has 13 heavy (non-hydrogen) atoms. The number of rotatable bonds is 2. The van der Waals surface area contributed by atoms with Gasteiger partial charge in [-0.1, -0.05) is 18.7 Å². The van der Waals surface area contributed by atoms with Crippen LogP contribution in [-0.4, -0.2) is 5.51 Å². The summed E-state index contributed by atoms with van der Waals surface area (Å²) in [5, 5.41) is 0. The largest absolute Gasteiger partial charge is 0.446 e. The molecule has 69 valence electrons. The minimum atomic E-state index is -4.22. The number of thioether (sulfide) groups is 1. The van der Waals surface area contributed by atoms with Gasteiger partial charge in [-0.3, -0.25) is 0 Å². The fraction of sp³-hybridized carbons (Fsp3) is 0.111. The molecule has 1 aromatic carbocycles. The average molecular weight is 203 g/mol. The molecule has 0 bridgehead atoms. The topological polar surface area (TPSA) is 0 Å². The molecule has 1 radical (unpaired) electrons. The number of hydrogen-bond donors (Lipinski definition) is 0. The fourth-order valence-corrected chi connectivity index (χ4v) is 1.31. The van der Waals surface area contributed by atoms with Crippen LogP contribution in [0.1, 0.15) is 5.56 Å². The second kappa shape index (κ2) is 3.87. The predicted molar refractivity (Wildman–Crippen MR) is 46.3 cm³/mol. The quantitative estimate of drug-likeness (QED) is 0.661. The van der Waals surface area contributed by atoms with E-state index in [4.69, 9.17) is 0 Å². The molecular weight excluding hydrogens is 197 g/mol. The van der Waals surface area contributed by atoms with E-state index in [0.717, 1.165) is 0 Å². The zero-order chi connectivity index (χ0) is 9.90. The maximum absolute atomic E-state index is 11.9. The first-order chi connectivity index (χ1) is 6.01. The van der Waals surface area contributed by atoms with Gasteiger partial charge in [-0.15, -0.1) is 0 Å². The first kappa shape index (κ1) is 10.2. The highest BCUT2D eigenvalue weighted by Gasteiger charge is 2.28. The Labute approximate surface area is 78.5 Å². The fourth-order valence-electron chi connectivity index (χ4n) is 0.774. The van der Waals surface area contributed by atoms with Gasteiger partial charge in [0.1, 0.15) is 0 Å². The molecule has 1 rings (SSSR count). The molecule has 0 unspecified atom stereocenters. The van der Waals surface area contributed by atoms with Crippen molar-refractivity contribution in [3.63, 3.8) is 0 Å². The summed E-state index contributed by atoms with van der Waals surface area (Å²) < 4.78 is 35.6. The summed E-state index contributed by atoms with van der Waals surface area (Å²) in [7, 11) is 0. The molecular formula is C9H6F3S. The van der Waals surface area contributed by atoms with Crippen LogP contribution in [0.15, 0.2) is 35.7 Å². The molecule has 0 amide bonds. The number of benzene rings is 1. The third-order valence-corrected chi connectivity index (χ3v) is 2.03. The van der Waals surface area contributed by atoms with E-state index in [-0.39, 0.29) is 16.7 Å². The molecule has 0 atom stereocenters. The normalized spacial score (nSPS) is 11.3. The highest BCUT2D eigenvalue weighted by Crippen LogP contribution is 2.36. The SMILES string of the molecule is C=[C]c1ccc(SC(F)(F)F)cc1. The molecule has 0 nitrogen and oxygen atoms in total. The lowest BCUT2D eigenvalue weighted by Crippen LogP contribution is -1.98. The van der Waals surface area contributed by atoms with Crippen LogP contribution in [0.4, 0.5) is 13.2 Å². The monoisotopic (exact) mass is 203 g/mol. The minimum absolute atomic E-state index is 0.128. The molecule has 0 aliphatic carbocycles. The lowest BCUT2D eigenvalue weighted by atomic mass is 10.2. The maximum atomic E-state index is 11.9. The zero-order valence-electron chi connectivity index (χ0n) is 6.56. The third kappa shape index (κ3) is 3.55. The first-order valence-corrected chi connectivity index (χ1v) is 4.22. The van der Waals surface area contributed by atoms with Crippen LogP contribution in [0.2, 0.25) is 0 Å². The van der Waals surface area contributed by atoms with Crippen LogP contribution in [0, 0.1) is 6.08 Å². The average Bonchev–Trinajstić information content (AvgIpc) is 2.03. The first-order valence-electron chi connectivity index (χ1n) is 3.40. The van der Waals surface area contributed by atoms with Gasteiger partial charge in [0.05, 0.1) is 0 Å². The van der Waals surface area contributed by atoms with Gasteiger partial charge in [-0.05, 0) is 35.5 Å². The molecule has 0 saturated carbocycles. The van der Waals surface area contributed by atoms with Gasteiger partial charge in [0.15, 0.2) is 0 Å². The predicted octanol–water partition coefficient (Wildman–Crippen LogP) is 3.64. The van der Waals surface area contributed by atoms with Gasteiger partial charge in [-0.25, -0.2) is 0 Å². The van der Waals surface area contributed by atoms with E-state index >= 15 is 0 Å². The molecule has 0 aromatic heterocycles. The van der Waals surface area contributed by atoms with E-state index < -0.39 is 5.51 Å². The molecule has 0 aliphatic heterocycles. The highest BCUT2D eigenvalue weighted by molar-refractivity contribution is 8.00. The van der Waals surface area contributed by atoms with Crippen molar-refractivity contribution in [2.75, 3.05) is 0 Å². The Balaban J connectivity index is 2.75. The van der Waals surface area contributed by atoms with Crippen LogP contribution in [-0.2, 0) is 0 Å². The standard InChI is InChI=1S/C9H6F3S/c1-2-7-3-5-8(6-4-7)13-9(10,11)12/h3-6H,1H2. The van der Waals surface area contributed by atoms with Crippen LogP contribution >= 0.6 is 11.8 Å². The highest BCUT2D eigenvalue weighted by atomic mass is 32.2. The van der Waals surface area contributed by atoms with Crippen molar-refractivity contribution in [3.8, 4) is 0 Å². The van der Waals surface area contributed by atoms with E-state index in [1.165, 1.54) is 12.1 Å². The van der Waals surface area contributed by atoms with Gasteiger partial charge < -0.3 is 0 Å². The molecule has 0 spiro atoms. The maximum Gasteiger partial charge on any atom is 0.446 e. The van der Waals surface area contributed by atoms with E-state index in [2.05, 4.69) is 12.7 Å². The Bertz CT molecular complexity index is 287. The second-order valence-electron chi connectivity index (χ2n) is 2.25. The van der Waals surface area contributed by atoms with Crippen LogP contribution in [0.25, 0.3) is 0 Å². The van der Waals surface area contributed by atoms with Gasteiger partial charge in [-0.2, -0.15) is 13.2 Å². The third-order valence-electron chi connectivity index (χ3n) is 1.29. The van der Waals surface area contributed by atoms with Crippen molar-refractivity contribution < 1.29 is 13.2 Å². The van der Waals surface area contributed by atoms with E-state index in [1.807, 2.05) is 0 Å². The van der Waals surface area contributed by atoms with Crippen molar-refractivity contribution in [1.29, 1.82) is 0 Å². The molecule has 0 saturated heterocycles. The lowest BCUT2D eigenvalue weighted by Gasteiger charge is -2.04. The van der Waals surface area contributed by atoms with Gasteiger partial charge >= 0.3 is 5.51 Å². The van der Waals surface area contributed by atoms with Gasteiger partial charge in [0, 0.05) is 4.90 Å². The molecule has 4 heteroatoms. The van der Waals surface area contributed by atoms with Gasteiger partial charge in [0.25, 0.3) is 0 Å². The van der Waals surface area contributed by atoms with Gasteiger partial charge in [0.2, 0.25) is 0 Å². The molecule has 0 aliphatic rings. The van der Waals surface area contributed by atoms with Crippen LogP contribution in [0.5, 0.6) is 0 Å². The van der Waals surface area contributed by atoms with Crippen LogP contribution < -0.4 is 0 Å². The summed E-state index contributed by atoms with van der Waals surface area (Å²) >= 11 is -0.128. The van der Waals surface area contributed by atoms with Crippen molar-refractivity contribution >= 4 is 11.8 Å².